The SMILES string of the molecule is CNC(CN1C(=O)C2CCCC2C1=O)c1ccccc1F. The minimum absolute atomic E-state index is 0.0842. The number of nitrogens with one attached hydrogen (secondary N) is 1. The van der Waals surface area contributed by atoms with E-state index in [2.05, 4.69) is 5.32 Å². The number of fused-ring (bicyclic) bond motifs is 1. The van der Waals surface area contributed by atoms with E-state index in [1.165, 1.54) is 11.0 Å². The van der Waals surface area contributed by atoms with Crippen molar-refractivity contribution in [3.63, 3.8) is 0 Å². The van der Waals surface area contributed by atoms with Crippen molar-refractivity contribution in [3.8, 4) is 0 Å². The van der Waals surface area contributed by atoms with Gasteiger partial charge in [0.15, 0.2) is 0 Å². The highest BCUT2D eigenvalue weighted by Crippen LogP contribution is 2.40. The van der Waals surface area contributed by atoms with Crippen LogP contribution in [0.25, 0.3) is 0 Å². The van der Waals surface area contributed by atoms with Crippen molar-refractivity contribution in [1.82, 2.24) is 10.2 Å². The van der Waals surface area contributed by atoms with Gasteiger partial charge in [-0.3, -0.25) is 14.5 Å². The van der Waals surface area contributed by atoms with Gasteiger partial charge in [0.05, 0.1) is 17.9 Å². The van der Waals surface area contributed by atoms with E-state index < -0.39 is 0 Å². The van der Waals surface area contributed by atoms with E-state index in [0.29, 0.717) is 5.56 Å². The molecule has 5 heteroatoms. The first kappa shape index (κ1) is 14.2. The number of imide groups is 1. The second kappa shape index (κ2) is 5.56. The lowest BCUT2D eigenvalue weighted by molar-refractivity contribution is -0.140. The highest BCUT2D eigenvalue weighted by molar-refractivity contribution is 6.05. The molecular formula is C16H19FN2O2. The third-order valence-corrected chi connectivity index (χ3v) is 4.68. The molecule has 1 N–H and O–H groups in total. The molecule has 1 saturated carbocycles. The normalized spacial score (nSPS) is 26.3. The number of hydrogen-bond acceptors (Lipinski definition) is 3. The van der Waals surface area contributed by atoms with Gasteiger partial charge in [-0.05, 0) is 26.0 Å². The number of likely N-dealkylation sites (N-methyl/N-ethyl adjacent to an activating group) is 1. The van der Waals surface area contributed by atoms with E-state index in [1.807, 2.05) is 0 Å². The highest BCUT2D eigenvalue weighted by atomic mass is 19.1. The van der Waals surface area contributed by atoms with Crippen molar-refractivity contribution in [2.24, 2.45) is 11.8 Å². The standard InChI is InChI=1S/C16H19FN2O2/c1-18-14(12-5-2-3-8-13(12)17)9-19-15(20)10-6-4-7-11(10)16(19)21/h2-3,5,8,10-11,14,18H,4,6-7,9H2,1H3. The Balaban J connectivity index is 1.80. The maximum Gasteiger partial charge on any atom is 0.233 e. The van der Waals surface area contributed by atoms with Crippen LogP contribution in [0.1, 0.15) is 30.9 Å². The van der Waals surface area contributed by atoms with Crippen molar-refractivity contribution >= 4 is 11.8 Å². The van der Waals surface area contributed by atoms with E-state index in [4.69, 9.17) is 0 Å². The minimum Gasteiger partial charge on any atom is -0.311 e. The van der Waals surface area contributed by atoms with E-state index >= 15 is 0 Å². The number of carbonyl (C=O) groups excluding carboxylic acids is 2. The summed E-state index contributed by atoms with van der Waals surface area (Å²) in [5.41, 5.74) is 0.484. The molecule has 0 radical (unpaired) electrons. The molecule has 0 spiro atoms. The number of rotatable bonds is 4. The predicted octanol–water partition coefficient (Wildman–Crippen LogP) is 1.87. The van der Waals surface area contributed by atoms with Gasteiger partial charge in [-0.15, -0.1) is 0 Å². The largest absolute Gasteiger partial charge is 0.311 e. The Morgan fingerprint density at radius 1 is 1.24 bits per heavy atom. The van der Waals surface area contributed by atoms with Gasteiger partial charge in [0.1, 0.15) is 5.82 Å². The van der Waals surface area contributed by atoms with Gasteiger partial charge in [-0.1, -0.05) is 24.6 Å². The quantitative estimate of drug-likeness (QED) is 0.861. The second-order valence-electron chi connectivity index (χ2n) is 5.79. The molecular weight excluding hydrogens is 271 g/mol. The van der Waals surface area contributed by atoms with Crippen LogP contribution in [0.2, 0.25) is 0 Å². The van der Waals surface area contributed by atoms with Crippen LogP contribution in [0.15, 0.2) is 24.3 Å². The first-order valence-corrected chi connectivity index (χ1v) is 7.40. The lowest BCUT2D eigenvalue weighted by atomic mass is 10.00. The smallest absolute Gasteiger partial charge is 0.233 e. The van der Waals surface area contributed by atoms with Gasteiger partial charge in [-0.2, -0.15) is 0 Å². The maximum absolute atomic E-state index is 13.9. The van der Waals surface area contributed by atoms with Gasteiger partial charge >= 0.3 is 0 Å². The molecule has 2 aliphatic rings. The van der Waals surface area contributed by atoms with Gasteiger partial charge in [0, 0.05) is 12.1 Å². The molecule has 3 atom stereocenters. The third-order valence-electron chi connectivity index (χ3n) is 4.68. The number of nitrogens with zero attached hydrogens (tertiary/aromatic N) is 1. The van der Waals surface area contributed by atoms with Crippen molar-refractivity contribution in [1.29, 1.82) is 0 Å². The molecule has 1 saturated heterocycles. The summed E-state index contributed by atoms with van der Waals surface area (Å²) >= 11 is 0. The third kappa shape index (κ3) is 2.35. The van der Waals surface area contributed by atoms with Crippen LogP contribution in [0.3, 0.4) is 0 Å². The maximum atomic E-state index is 13.9. The molecule has 21 heavy (non-hydrogen) atoms. The number of benzene rings is 1. The predicted molar refractivity (Wildman–Crippen MR) is 75.8 cm³/mol. The fraction of sp³-hybridized carbons (Fsp3) is 0.500. The number of likely N-dealkylation sites (tertiary alicyclic amines) is 1. The molecule has 2 fully saturated rings. The molecule has 112 valence electrons. The minimum atomic E-state index is -0.377. The zero-order valence-corrected chi connectivity index (χ0v) is 12.0. The molecule has 1 aromatic rings. The van der Waals surface area contributed by atoms with Crippen LogP contribution in [0.5, 0.6) is 0 Å². The molecule has 1 aliphatic carbocycles. The second-order valence-corrected chi connectivity index (χ2v) is 5.79. The van der Waals surface area contributed by atoms with Gasteiger partial charge in [0.2, 0.25) is 11.8 Å². The molecule has 1 aliphatic heterocycles. The zero-order valence-electron chi connectivity index (χ0n) is 12.0. The molecule has 4 nitrogen and oxygen atoms in total. The van der Waals surface area contributed by atoms with Crippen LogP contribution in [0.4, 0.5) is 4.39 Å². The van der Waals surface area contributed by atoms with Gasteiger partial charge < -0.3 is 5.32 Å². The Hall–Kier alpha value is -1.75. The van der Waals surface area contributed by atoms with E-state index in [1.54, 1.807) is 25.2 Å². The Kier molecular flexibility index (Phi) is 3.76. The lowest BCUT2D eigenvalue weighted by Gasteiger charge is -2.23. The summed E-state index contributed by atoms with van der Waals surface area (Å²) in [5, 5.41) is 3.01. The van der Waals surface area contributed by atoms with E-state index in [9.17, 15) is 14.0 Å². The zero-order chi connectivity index (χ0) is 15.0. The monoisotopic (exact) mass is 290 g/mol. The summed E-state index contributed by atoms with van der Waals surface area (Å²) in [4.78, 5) is 26.0. The Morgan fingerprint density at radius 3 is 2.43 bits per heavy atom. The van der Waals surface area contributed by atoms with Crippen molar-refractivity contribution in [3.05, 3.63) is 35.6 Å². The molecule has 2 amide bonds. The molecule has 3 unspecified atom stereocenters. The van der Waals surface area contributed by atoms with Gasteiger partial charge in [0.25, 0.3) is 0 Å². The first-order valence-electron chi connectivity index (χ1n) is 7.40. The van der Waals surface area contributed by atoms with Crippen molar-refractivity contribution < 1.29 is 14.0 Å². The number of halogens is 1. The molecule has 0 aromatic heterocycles. The average Bonchev–Trinajstić information content (AvgIpc) is 3.04. The molecule has 0 bridgehead atoms. The topological polar surface area (TPSA) is 49.4 Å². The fourth-order valence-electron chi connectivity index (χ4n) is 3.53. The summed E-state index contributed by atoms with van der Waals surface area (Å²) in [6, 6.07) is 6.08. The van der Waals surface area contributed by atoms with Crippen molar-refractivity contribution in [2.75, 3.05) is 13.6 Å². The van der Waals surface area contributed by atoms with Crippen LogP contribution in [-0.2, 0) is 9.59 Å². The lowest BCUT2D eigenvalue weighted by Crippen LogP contribution is -2.39. The van der Waals surface area contributed by atoms with E-state index in [-0.39, 0.29) is 42.1 Å². The Labute approximate surface area is 123 Å². The number of amides is 2. The molecule has 3 rings (SSSR count). The number of carbonyl (C=O) groups is 2. The fourth-order valence-corrected chi connectivity index (χ4v) is 3.53. The van der Waals surface area contributed by atoms with Crippen molar-refractivity contribution in [2.45, 2.75) is 25.3 Å². The summed E-state index contributed by atoms with van der Waals surface area (Å²) < 4.78 is 13.9. The van der Waals surface area contributed by atoms with Gasteiger partial charge in [-0.25, -0.2) is 4.39 Å². The van der Waals surface area contributed by atoms with E-state index in [0.717, 1.165) is 19.3 Å². The summed E-state index contributed by atoms with van der Waals surface area (Å²) in [5.74, 6) is -0.777. The van der Waals surface area contributed by atoms with Crippen LogP contribution in [0, 0.1) is 17.7 Å². The number of hydrogen-bond donors (Lipinski definition) is 1. The average molecular weight is 290 g/mol. The van der Waals surface area contributed by atoms with Crippen LogP contribution in [-0.4, -0.2) is 30.3 Å². The molecule has 1 heterocycles. The summed E-state index contributed by atoms with van der Waals surface area (Å²) in [6.45, 7) is 0.197. The Bertz CT molecular complexity index is 553. The Morgan fingerprint density at radius 2 is 1.86 bits per heavy atom. The van der Waals surface area contributed by atoms with Crippen LogP contribution < -0.4 is 5.32 Å². The summed E-state index contributed by atoms with van der Waals surface area (Å²) in [6.07, 6.45) is 2.55. The highest BCUT2D eigenvalue weighted by Gasteiger charge is 2.49. The molecule has 1 aromatic carbocycles. The summed E-state index contributed by atoms with van der Waals surface area (Å²) in [7, 11) is 1.71. The van der Waals surface area contributed by atoms with Crippen LogP contribution >= 0.6 is 0 Å². The first-order chi connectivity index (χ1) is 10.1.